The molecule has 0 spiro atoms. The molecule has 8 heteroatoms. The van der Waals surface area contributed by atoms with Crippen LogP contribution in [-0.2, 0) is 25.6 Å². The number of amides is 3. The van der Waals surface area contributed by atoms with Gasteiger partial charge >= 0.3 is 5.97 Å². The highest BCUT2D eigenvalue weighted by Crippen LogP contribution is 2.02. The van der Waals surface area contributed by atoms with E-state index in [0.29, 0.717) is 6.42 Å². The van der Waals surface area contributed by atoms with Crippen LogP contribution < -0.4 is 10.6 Å². The standard InChI is InChI=1S/C16H21N3O5/c1-12(20)17-9-14(21)18-10-15(22)19(11-16(23)24)8-7-13-5-3-2-4-6-13/h2-6H,7-11H2,1H3,(H,17,20)(H,18,21)(H,23,24). The monoisotopic (exact) mass is 335 g/mol. The smallest absolute Gasteiger partial charge is 0.323 e. The predicted octanol–water partition coefficient (Wildman–Crippen LogP) is -0.605. The summed E-state index contributed by atoms with van der Waals surface area (Å²) in [7, 11) is 0. The molecule has 24 heavy (non-hydrogen) atoms. The van der Waals surface area contributed by atoms with Crippen LogP contribution in [0.1, 0.15) is 12.5 Å². The average Bonchev–Trinajstić information content (AvgIpc) is 2.55. The fraction of sp³-hybridized carbons (Fsp3) is 0.375. The van der Waals surface area contributed by atoms with Gasteiger partial charge in [0.05, 0.1) is 13.1 Å². The van der Waals surface area contributed by atoms with Gasteiger partial charge in [-0.15, -0.1) is 0 Å². The zero-order valence-corrected chi connectivity index (χ0v) is 13.4. The molecule has 0 heterocycles. The van der Waals surface area contributed by atoms with Crippen molar-refractivity contribution in [2.24, 2.45) is 0 Å². The van der Waals surface area contributed by atoms with Gasteiger partial charge in [-0.2, -0.15) is 0 Å². The van der Waals surface area contributed by atoms with Gasteiger partial charge in [-0.1, -0.05) is 30.3 Å². The van der Waals surface area contributed by atoms with Crippen molar-refractivity contribution in [3.05, 3.63) is 35.9 Å². The normalized spacial score (nSPS) is 9.88. The van der Waals surface area contributed by atoms with Crippen LogP contribution in [0, 0.1) is 0 Å². The fourth-order valence-corrected chi connectivity index (χ4v) is 1.92. The first-order valence-electron chi connectivity index (χ1n) is 7.43. The van der Waals surface area contributed by atoms with E-state index in [1.165, 1.54) is 11.8 Å². The van der Waals surface area contributed by atoms with Gasteiger partial charge in [-0.05, 0) is 12.0 Å². The minimum atomic E-state index is -1.12. The third kappa shape index (κ3) is 7.92. The van der Waals surface area contributed by atoms with E-state index in [0.717, 1.165) is 5.56 Å². The van der Waals surface area contributed by atoms with Crippen molar-refractivity contribution in [1.29, 1.82) is 0 Å². The fourth-order valence-electron chi connectivity index (χ4n) is 1.92. The lowest BCUT2D eigenvalue weighted by Crippen LogP contribution is -2.45. The Kier molecular flexibility index (Phi) is 7.97. The van der Waals surface area contributed by atoms with Crippen LogP contribution >= 0.6 is 0 Å². The number of nitrogens with one attached hydrogen (secondary N) is 2. The zero-order valence-electron chi connectivity index (χ0n) is 13.4. The summed E-state index contributed by atoms with van der Waals surface area (Å²) in [5.74, 6) is -2.49. The lowest BCUT2D eigenvalue weighted by Gasteiger charge is -2.21. The number of nitrogens with zero attached hydrogens (tertiary/aromatic N) is 1. The maximum atomic E-state index is 12.1. The average molecular weight is 335 g/mol. The highest BCUT2D eigenvalue weighted by atomic mass is 16.4. The highest BCUT2D eigenvalue weighted by molar-refractivity contribution is 5.88. The molecule has 0 saturated heterocycles. The number of hydrogen-bond donors (Lipinski definition) is 3. The SMILES string of the molecule is CC(=O)NCC(=O)NCC(=O)N(CCc1ccccc1)CC(=O)O. The van der Waals surface area contributed by atoms with E-state index in [1.54, 1.807) is 0 Å². The topological polar surface area (TPSA) is 116 Å². The Morgan fingerprint density at radius 3 is 2.29 bits per heavy atom. The van der Waals surface area contributed by atoms with Gasteiger partial charge in [0.25, 0.3) is 0 Å². The van der Waals surface area contributed by atoms with Crippen LogP contribution in [0.3, 0.4) is 0 Å². The van der Waals surface area contributed by atoms with E-state index < -0.39 is 24.3 Å². The number of carboxylic acid groups (broad SMARTS) is 1. The van der Waals surface area contributed by atoms with Crippen molar-refractivity contribution in [2.75, 3.05) is 26.2 Å². The molecule has 8 nitrogen and oxygen atoms in total. The van der Waals surface area contributed by atoms with Crippen LogP contribution in [-0.4, -0.2) is 59.9 Å². The molecule has 0 saturated carbocycles. The van der Waals surface area contributed by atoms with Crippen molar-refractivity contribution < 1.29 is 24.3 Å². The van der Waals surface area contributed by atoms with Gasteiger partial charge in [0.2, 0.25) is 17.7 Å². The Bertz CT molecular complexity index is 589. The molecule has 1 rings (SSSR count). The first kappa shape index (κ1) is 19.1. The molecule has 0 bridgehead atoms. The molecule has 130 valence electrons. The Hall–Kier alpha value is -2.90. The van der Waals surface area contributed by atoms with Crippen LogP contribution in [0.25, 0.3) is 0 Å². The summed E-state index contributed by atoms with van der Waals surface area (Å²) in [5, 5.41) is 13.6. The number of carbonyl (C=O) groups excluding carboxylic acids is 3. The Labute approximate surface area is 139 Å². The molecular weight excluding hydrogens is 314 g/mol. The van der Waals surface area contributed by atoms with E-state index in [-0.39, 0.29) is 25.5 Å². The van der Waals surface area contributed by atoms with E-state index >= 15 is 0 Å². The molecule has 0 unspecified atom stereocenters. The largest absolute Gasteiger partial charge is 0.480 e. The Morgan fingerprint density at radius 2 is 1.71 bits per heavy atom. The van der Waals surface area contributed by atoms with E-state index in [9.17, 15) is 19.2 Å². The van der Waals surface area contributed by atoms with Crippen molar-refractivity contribution in [2.45, 2.75) is 13.3 Å². The third-order valence-electron chi connectivity index (χ3n) is 3.13. The lowest BCUT2D eigenvalue weighted by atomic mass is 10.1. The molecule has 3 amide bonds. The maximum absolute atomic E-state index is 12.1. The molecule has 3 N–H and O–H groups in total. The second-order valence-corrected chi connectivity index (χ2v) is 5.13. The number of aliphatic carboxylic acids is 1. The van der Waals surface area contributed by atoms with Crippen LogP contribution in [0.4, 0.5) is 0 Å². The van der Waals surface area contributed by atoms with E-state index in [4.69, 9.17) is 5.11 Å². The molecule has 0 aliphatic rings. The molecule has 0 aromatic heterocycles. The number of hydrogen-bond acceptors (Lipinski definition) is 4. The molecule has 0 aliphatic heterocycles. The summed E-state index contributed by atoms with van der Waals surface area (Å²) in [6.45, 7) is 0.520. The molecule has 0 atom stereocenters. The summed E-state index contributed by atoms with van der Waals surface area (Å²) in [6, 6.07) is 9.37. The number of carbonyl (C=O) groups is 4. The maximum Gasteiger partial charge on any atom is 0.323 e. The molecule has 1 aromatic rings. The number of benzene rings is 1. The molecule has 0 fully saturated rings. The van der Waals surface area contributed by atoms with Gasteiger partial charge in [0.15, 0.2) is 0 Å². The second kappa shape index (κ2) is 9.98. The Balaban J connectivity index is 2.50. The summed E-state index contributed by atoms with van der Waals surface area (Å²) in [5.41, 5.74) is 0.982. The molecule has 1 aromatic carbocycles. The zero-order chi connectivity index (χ0) is 17.9. The van der Waals surface area contributed by atoms with Crippen molar-refractivity contribution in [3.63, 3.8) is 0 Å². The minimum absolute atomic E-state index is 0.231. The van der Waals surface area contributed by atoms with E-state index in [1.807, 2.05) is 30.3 Å². The molecule has 0 aliphatic carbocycles. The van der Waals surface area contributed by atoms with Gasteiger partial charge < -0.3 is 20.6 Å². The van der Waals surface area contributed by atoms with Gasteiger partial charge in [-0.25, -0.2) is 0 Å². The van der Waals surface area contributed by atoms with Crippen LogP contribution in [0.5, 0.6) is 0 Å². The van der Waals surface area contributed by atoms with Gasteiger partial charge in [0, 0.05) is 13.5 Å². The van der Waals surface area contributed by atoms with Gasteiger partial charge in [-0.3, -0.25) is 19.2 Å². The third-order valence-corrected chi connectivity index (χ3v) is 3.13. The van der Waals surface area contributed by atoms with Crippen molar-refractivity contribution in [1.82, 2.24) is 15.5 Å². The molecular formula is C16H21N3O5. The summed E-state index contributed by atoms with van der Waals surface area (Å²) in [4.78, 5) is 46.4. The lowest BCUT2D eigenvalue weighted by molar-refractivity contribution is -0.144. The first-order valence-corrected chi connectivity index (χ1v) is 7.43. The highest BCUT2D eigenvalue weighted by Gasteiger charge is 2.17. The Morgan fingerprint density at radius 1 is 1.04 bits per heavy atom. The quantitative estimate of drug-likeness (QED) is 0.557. The summed E-state index contributed by atoms with van der Waals surface area (Å²) >= 11 is 0. The van der Waals surface area contributed by atoms with Gasteiger partial charge in [0.1, 0.15) is 6.54 Å². The molecule has 0 radical (unpaired) electrons. The van der Waals surface area contributed by atoms with Crippen LogP contribution in [0.15, 0.2) is 30.3 Å². The van der Waals surface area contributed by atoms with Crippen LogP contribution in [0.2, 0.25) is 0 Å². The van der Waals surface area contributed by atoms with E-state index in [2.05, 4.69) is 10.6 Å². The summed E-state index contributed by atoms with van der Waals surface area (Å²) in [6.07, 6.45) is 0.514. The first-order chi connectivity index (χ1) is 11.4. The number of rotatable bonds is 9. The summed E-state index contributed by atoms with van der Waals surface area (Å²) < 4.78 is 0. The number of carboxylic acids is 1. The predicted molar refractivity (Wildman–Crippen MR) is 86.1 cm³/mol. The van der Waals surface area contributed by atoms with Crippen molar-refractivity contribution >= 4 is 23.7 Å². The second-order valence-electron chi connectivity index (χ2n) is 5.13. The minimum Gasteiger partial charge on any atom is -0.480 e. The van der Waals surface area contributed by atoms with Crippen molar-refractivity contribution in [3.8, 4) is 0 Å².